The van der Waals surface area contributed by atoms with Crippen LogP contribution < -0.4 is 11.5 Å². The number of aryl methyl sites for hydroxylation is 1. The number of amides is 1. The number of nitrogens with zero attached hydrogens (tertiary/aromatic N) is 1. The number of hydrogen-bond donors (Lipinski definition) is 4. The van der Waals surface area contributed by atoms with Crippen molar-refractivity contribution < 1.29 is 34.2 Å². The third-order valence-electron chi connectivity index (χ3n) is 7.97. The van der Waals surface area contributed by atoms with Crippen LogP contribution in [0.3, 0.4) is 0 Å². The normalized spacial score (nSPS) is 32.3. The second-order valence-electron chi connectivity index (χ2n) is 10.1. The molecule has 0 aromatic heterocycles. The molecule has 188 valence electrons. The van der Waals surface area contributed by atoms with Crippen molar-refractivity contribution in [3.8, 4) is 5.75 Å². The fourth-order valence-corrected chi connectivity index (χ4v) is 6.46. The number of benzene rings is 1. The van der Waals surface area contributed by atoms with E-state index in [4.69, 9.17) is 11.5 Å². The first-order valence-corrected chi connectivity index (χ1v) is 11.8. The molecule has 1 aromatic carbocycles. The van der Waals surface area contributed by atoms with Gasteiger partial charge in [-0.25, -0.2) is 0 Å². The smallest absolute Gasteiger partial charge is 0.235 e. The fraction of sp³-hybridized carbons (Fsp3) is 0.560. The van der Waals surface area contributed by atoms with E-state index in [0.717, 1.165) is 12.0 Å². The molecule has 0 aliphatic heterocycles. The molecular formula is C25H31N3O7. The van der Waals surface area contributed by atoms with Crippen molar-refractivity contribution >= 4 is 29.0 Å². The van der Waals surface area contributed by atoms with Crippen LogP contribution in [0.2, 0.25) is 0 Å². The molecule has 6 N–H and O–H groups in total. The largest absolute Gasteiger partial charge is 0.507 e. The minimum atomic E-state index is -2.72. The molecule has 2 saturated carbocycles. The highest BCUT2D eigenvalue weighted by Gasteiger charge is 2.69. The first-order valence-electron chi connectivity index (χ1n) is 11.8. The van der Waals surface area contributed by atoms with Gasteiger partial charge < -0.3 is 21.7 Å². The molecule has 3 aliphatic carbocycles. The highest BCUT2D eigenvalue weighted by molar-refractivity contribution is 6.32. The lowest BCUT2D eigenvalue weighted by Crippen LogP contribution is -2.74. The molecular weight excluding hydrogens is 454 g/mol. The number of rotatable bonds is 5. The van der Waals surface area contributed by atoms with Gasteiger partial charge in [0.05, 0.1) is 17.5 Å². The van der Waals surface area contributed by atoms with Crippen LogP contribution in [0.15, 0.2) is 6.07 Å². The summed E-state index contributed by atoms with van der Waals surface area (Å²) in [7, 11) is 3.11. The van der Waals surface area contributed by atoms with Gasteiger partial charge in [-0.2, -0.15) is 0 Å². The summed E-state index contributed by atoms with van der Waals surface area (Å²) in [6.45, 7) is 1.97. The van der Waals surface area contributed by atoms with Crippen LogP contribution in [-0.2, 0) is 38.6 Å². The van der Waals surface area contributed by atoms with E-state index in [1.54, 1.807) is 20.2 Å². The molecule has 0 radical (unpaired) electrons. The van der Waals surface area contributed by atoms with E-state index in [9.17, 15) is 34.2 Å². The van der Waals surface area contributed by atoms with E-state index in [1.165, 1.54) is 4.90 Å². The third-order valence-corrected chi connectivity index (χ3v) is 7.97. The Morgan fingerprint density at radius 1 is 1.17 bits per heavy atom. The maximum Gasteiger partial charge on any atom is 0.235 e. The Bertz CT molecular complexity index is 1160. The van der Waals surface area contributed by atoms with Gasteiger partial charge in [-0.3, -0.25) is 28.9 Å². The van der Waals surface area contributed by atoms with Crippen LogP contribution in [-0.4, -0.2) is 69.9 Å². The number of hydrogen-bond acceptors (Lipinski definition) is 9. The van der Waals surface area contributed by atoms with Gasteiger partial charge in [-0.15, -0.1) is 0 Å². The molecule has 1 amide bonds. The molecule has 6 atom stereocenters. The molecule has 3 aliphatic rings. The number of carbonyl (C=O) groups is 5. The molecule has 10 nitrogen and oxygen atoms in total. The van der Waals surface area contributed by atoms with Crippen LogP contribution in [0, 0.1) is 23.7 Å². The van der Waals surface area contributed by atoms with Crippen molar-refractivity contribution in [2.75, 3.05) is 14.1 Å². The quantitative estimate of drug-likeness (QED) is 0.391. The Balaban J connectivity index is 1.89. The molecule has 4 rings (SSSR count). The van der Waals surface area contributed by atoms with Gasteiger partial charge in [0.1, 0.15) is 5.75 Å². The van der Waals surface area contributed by atoms with Crippen LogP contribution in [0.25, 0.3) is 0 Å². The predicted octanol–water partition coefficient (Wildman–Crippen LogP) is -0.722. The second-order valence-corrected chi connectivity index (χ2v) is 10.1. The van der Waals surface area contributed by atoms with Crippen molar-refractivity contribution in [1.82, 2.24) is 4.90 Å². The number of Topliss-reactive ketones (excluding diaryl/α,β-unsaturated/α-hetero) is 4. The number of phenols is 1. The van der Waals surface area contributed by atoms with Crippen LogP contribution in [0.4, 0.5) is 0 Å². The zero-order valence-electron chi connectivity index (χ0n) is 20.0. The maximum atomic E-state index is 13.8. The maximum absolute atomic E-state index is 13.8. The molecule has 0 saturated heterocycles. The summed E-state index contributed by atoms with van der Waals surface area (Å²) in [5.74, 6) is -10.4. The first-order chi connectivity index (χ1) is 16.4. The van der Waals surface area contributed by atoms with Crippen LogP contribution in [0.5, 0.6) is 5.75 Å². The standard InChI is InChI=1S/C25H31N3O7/c1-4-5-10-6-12(9-26)19(29)16-13(10)7-11-8-14-18(28(2)3)21(31)17(24(27)34)23(33)25(14,35)22(32)15(11)20(16)30/h6,11,14-15,17-18,29,35H,4-5,7-9,26H2,1-3H3,(H2,27,34). The van der Waals surface area contributed by atoms with Crippen molar-refractivity contribution in [2.45, 2.75) is 50.8 Å². The number of phenolic OH excluding ortho intramolecular Hbond substituents is 1. The summed E-state index contributed by atoms with van der Waals surface area (Å²) in [6.07, 6.45) is 1.72. The number of ketones is 4. The van der Waals surface area contributed by atoms with Gasteiger partial charge in [0.2, 0.25) is 5.91 Å². The zero-order valence-corrected chi connectivity index (χ0v) is 20.0. The Morgan fingerprint density at radius 3 is 2.37 bits per heavy atom. The molecule has 0 spiro atoms. The Kier molecular flexibility index (Phi) is 6.19. The summed E-state index contributed by atoms with van der Waals surface area (Å²) in [5.41, 5.74) is 10.3. The first kappa shape index (κ1) is 25.2. The minimum absolute atomic E-state index is 0.00277. The van der Waals surface area contributed by atoms with Crippen LogP contribution in [0.1, 0.15) is 46.8 Å². The van der Waals surface area contributed by atoms with Gasteiger partial charge in [0.25, 0.3) is 0 Å². The predicted molar refractivity (Wildman–Crippen MR) is 123 cm³/mol. The van der Waals surface area contributed by atoms with Gasteiger partial charge in [-0.1, -0.05) is 19.4 Å². The molecule has 2 fully saturated rings. The zero-order chi connectivity index (χ0) is 26.0. The topological polar surface area (TPSA) is 181 Å². The second kappa shape index (κ2) is 8.61. The van der Waals surface area contributed by atoms with Gasteiger partial charge in [0, 0.05) is 18.0 Å². The molecule has 6 unspecified atom stereocenters. The molecule has 10 heteroatoms. The minimum Gasteiger partial charge on any atom is -0.507 e. The highest BCUT2D eigenvalue weighted by Crippen LogP contribution is 2.51. The number of aromatic hydroxyl groups is 1. The van der Waals surface area contributed by atoms with Crippen molar-refractivity contribution in [1.29, 1.82) is 0 Å². The van der Waals surface area contributed by atoms with Gasteiger partial charge in [0.15, 0.2) is 34.7 Å². The Labute approximate surface area is 202 Å². The average molecular weight is 486 g/mol. The van der Waals surface area contributed by atoms with Crippen molar-refractivity contribution in [2.24, 2.45) is 35.1 Å². The summed E-state index contributed by atoms with van der Waals surface area (Å²) in [5, 5.41) is 22.4. The SMILES string of the molecule is CCCc1cc(CN)c(O)c2c1CC1CC3C(N(C)C)C(=O)C(C(N)=O)C(=O)C3(O)C(=O)C1C2=O. The summed E-state index contributed by atoms with van der Waals surface area (Å²) < 4.78 is 0. The van der Waals surface area contributed by atoms with E-state index in [0.29, 0.717) is 17.5 Å². The molecule has 1 aromatic rings. The number of nitrogens with two attached hydrogens (primary N) is 2. The lowest BCUT2D eigenvalue weighted by Gasteiger charge is -2.52. The number of likely N-dealkylation sites (N-methyl/N-ethyl adjacent to an activating group) is 1. The van der Waals surface area contributed by atoms with Gasteiger partial charge in [-0.05, 0) is 50.4 Å². The van der Waals surface area contributed by atoms with E-state index in [2.05, 4.69) is 0 Å². The lowest BCUT2D eigenvalue weighted by molar-refractivity contribution is -0.181. The van der Waals surface area contributed by atoms with E-state index in [1.807, 2.05) is 6.92 Å². The number of aliphatic hydroxyl groups is 1. The number of fused-ring (bicyclic) bond motifs is 3. The number of primary amides is 1. The third kappa shape index (κ3) is 3.38. The Morgan fingerprint density at radius 2 is 1.83 bits per heavy atom. The Hall–Kier alpha value is -2.95. The summed E-state index contributed by atoms with van der Waals surface area (Å²) in [4.78, 5) is 67.3. The monoisotopic (exact) mass is 485 g/mol. The summed E-state index contributed by atoms with van der Waals surface area (Å²) in [6, 6.07) is 0.666. The molecule has 35 heavy (non-hydrogen) atoms. The highest BCUT2D eigenvalue weighted by atomic mass is 16.3. The lowest BCUT2D eigenvalue weighted by atomic mass is 9.52. The van der Waals surface area contributed by atoms with Crippen LogP contribution >= 0.6 is 0 Å². The molecule has 0 bridgehead atoms. The fourth-order valence-electron chi connectivity index (χ4n) is 6.46. The molecule has 0 heterocycles. The van der Waals surface area contributed by atoms with E-state index >= 15 is 0 Å². The summed E-state index contributed by atoms with van der Waals surface area (Å²) >= 11 is 0. The average Bonchev–Trinajstić information content (AvgIpc) is 2.77. The van der Waals surface area contributed by atoms with Crippen molar-refractivity contribution in [3.05, 3.63) is 28.3 Å². The van der Waals surface area contributed by atoms with Gasteiger partial charge >= 0.3 is 0 Å². The van der Waals surface area contributed by atoms with E-state index < -0.39 is 64.4 Å². The van der Waals surface area contributed by atoms with Crippen molar-refractivity contribution in [3.63, 3.8) is 0 Å². The van der Waals surface area contributed by atoms with E-state index in [-0.39, 0.29) is 30.7 Å². The number of carbonyl (C=O) groups excluding carboxylic acids is 5.